The van der Waals surface area contributed by atoms with Crippen LogP contribution in [0.1, 0.15) is 24.0 Å². The first-order chi connectivity index (χ1) is 16.7. The zero-order valence-electron chi connectivity index (χ0n) is 19.3. The number of aliphatic hydroxyl groups is 1. The number of ether oxygens (including phenoxy) is 2. The predicted octanol–water partition coefficient (Wildman–Crippen LogP) is 1.69. The van der Waals surface area contributed by atoms with Crippen LogP contribution >= 0.6 is 0 Å². The third-order valence-corrected chi connectivity index (χ3v) is 5.47. The first-order valence-electron chi connectivity index (χ1n) is 10.9. The van der Waals surface area contributed by atoms with E-state index < -0.39 is 59.7 Å². The molecule has 188 valence electrons. The Kier molecular flexibility index (Phi) is 8.58. The standard InChI is InChI=1S/C24H27F2N3O6/c1-14(30)10-27-20(31)12-29-11-17(21-18(25)8-16(34-2)9-19(21)26)22(23(29)32)28-24(33)35-13-15-6-4-3-5-7-15/h3-9,14,17,22,30H,10-13H2,1-2H3,(H,27,31)(H,28,33). The number of carbonyl (C=O) groups is 3. The van der Waals surface area contributed by atoms with Crippen LogP contribution < -0.4 is 15.4 Å². The lowest BCUT2D eigenvalue weighted by atomic mass is 9.93. The number of rotatable bonds is 9. The summed E-state index contributed by atoms with van der Waals surface area (Å²) in [5.74, 6) is -4.36. The summed E-state index contributed by atoms with van der Waals surface area (Å²) in [4.78, 5) is 38.8. The van der Waals surface area contributed by atoms with Crippen LogP contribution in [0.3, 0.4) is 0 Å². The number of methoxy groups -OCH3 is 1. The molecule has 1 saturated heterocycles. The number of hydrogen-bond donors (Lipinski definition) is 3. The summed E-state index contributed by atoms with van der Waals surface area (Å²) in [6.07, 6.45) is -1.75. The van der Waals surface area contributed by atoms with Crippen LogP contribution in [-0.2, 0) is 20.9 Å². The Balaban J connectivity index is 1.80. The van der Waals surface area contributed by atoms with Gasteiger partial charge in [0.15, 0.2) is 0 Å². The minimum Gasteiger partial charge on any atom is -0.497 e. The molecule has 0 bridgehead atoms. The third kappa shape index (κ3) is 6.66. The number of nitrogens with zero attached hydrogens (tertiary/aromatic N) is 1. The quantitative estimate of drug-likeness (QED) is 0.492. The Hall–Kier alpha value is -3.73. The number of likely N-dealkylation sites (tertiary alicyclic amines) is 1. The number of halogens is 2. The molecule has 3 N–H and O–H groups in total. The first kappa shape index (κ1) is 25.9. The van der Waals surface area contributed by atoms with Gasteiger partial charge in [0.2, 0.25) is 11.8 Å². The molecule has 1 aliphatic rings. The van der Waals surface area contributed by atoms with E-state index in [0.29, 0.717) is 5.56 Å². The average Bonchev–Trinajstić information content (AvgIpc) is 3.11. The van der Waals surface area contributed by atoms with Crippen molar-refractivity contribution >= 4 is 17.9 Å². The van der Waals surface area contributed by atoms with E-state index >= 15 is 0 Å². The maximum atomic E-state index is 14.9. The fourth-order valence-corrected chi connectivity index (χ4v) is 3.78. The lowest BCUT2D eigenvalue weighted by Gasteiger charge is -2.20. The second-order valence-corrected chi connectivity index (χ2v) is 8.17. The highest BCUT2D eigenvalue weighted by Gasteiger charge is 2.45. The number of benzene rings is 2. The highest BCUT2D eigenvalue weighted by atomic mass is 19.1. The molecule has 11 heteroatoms. The van der Waals surface area contributed by atoms with Crippen LogP contribution in [0.2, 0.25) is 0 Å². The highest BCUT2D eigenvalue weighted by Crippen LogP contribution is 2.34. The van der Waals surface area contributed by atoms with E-state index in [2.05, 4.69) is 10.6 Å². The molecule has 9 nitrogen and oxygen atoms in total. The molecule has 0 radical (unpaired) electrons. The van der Waals surface area contributed by atoms with Gasteiger partial charge in [-0.05, 0) is 12.5 Å². The number of aliphatic hydroxyl groups excluding tert-OH is 1. The smallest absolute Gasteiger partial charge is 0.408 e. The largest absolute Gasteiger partial charge is 0.497 e. The van der Waals surface area contributed by atoms with Crippen molar-refractivity contribution in [3.8, 4) is 5.75 Å². The van der Waals surface area contributed by atoms with E-state index in [-0.39, 0.29) is 25.4 Å². The van der Waals surface area contributed by atoms with Gasteiger partial charge in [-0.2, -0.15) is 0 Å². The van der Waals surface area contributed by atoms with Crippen molar-refractivity contribution in [1.29, 1.82) is 0 Å². The van der Waals surface area contributed by atoms with E-state index in [1.54, 1.807) is 30.3 Å². The van der Waals surface area contributed by atoms with Crippen LogP contribution in [0.25, 0.3) is 0 Å². The zero-order chi connectivity index (χ0) is 25.5. The highest BCUT2D eigenvalue weighted by molar-refractivity contribution is 5.92. The Morgan fingerprint density at radius 2 is 1.86 bits per heavy atom. The summed E-state index contributed by atoms with van der Waals surface area (Å²) >= 11 is 0. The van der Waals surface area contributed by atoms with Crippen LogP contribution in [0.4, 0.5) is 13.6 Å². The van der Waals surface area contributed by atoms with E-state index in [4.69, 9.17) is 9.47 Å². The molecular formula is C24H27F2N3O6. The van der Waals surface area contributed by atoms with Crippen molar-refractivity contribution in [1.82, 2.24) is 15.5 Å². The topological polar surface area (TPSA) is 117 Å². The molecule has 3 unspecified atom stereocenters. The van der Waals surface area contributed by atoms with Crippen LogP contribution in [0.5, 0.6) is 5.75 Å². The maximum absolute atomic E-state index is 14.9. The van der Waals surface area contributed by atoms with Gasteiger partial charge in [0.1, 0.15) is 30.0 Å². The summed E-state index contributed by atoms with van der Waals surface area (Å²) in [7, 11) is 1.26. The second-order valence-electron chi connectivity index (χ2n) is 8.17. The normalized spacial score (nSPS) is 18.2. The van der Waals surface area contributed by atoms with Crippen LogP contribution in [0.15, 0.2) is 42.5 Å². The molecule has 2 aromatic rings. The number of hydrogen-bond acceptors (Lipinski definition) is 6. The first-order valence-corrected chi connectivity index (χ1v) is 10.9. The SMILES string of the molecule is COc1cc(F)c(C2CN(CC(=O)NCC(C)O)C(=O)C2NC(=O)OCc2ccccc2)c(F)c1. The predicted molar refractivity (Wildman–Crippen MR) is 120 cm³/mol. The minimum atomic E-state index is -1.37. The molecule has 2 aromatic carbocycles. The van der Waals surface area contributed by atoms with Gasteiger partial charge in [-0.3, -0.25) is 9.59 Å². The minimum absolute atomic E-state index is 0.0283. The molecule has 0 aromatic heterocycles. The van der Waals surface area contributed by atoms with Gasteiger partial charge in [-0.15, -0.1) is 0 Å². The molecule has 3 atom stereocenters. The monoisotopic (exact) mass is 491 g/mol. The molecular weight excluding hydrogens is 464 g/mol. The van der Waals surface area contributed by atoms with Crippen molar-refractivity contribution in [2.45, 2.75) is 31.6 Å². The Bertz CT molecular complexity index is 1040. The summed E-state index contributed by atoms with van der Waals surface area (Å²) in [6, 6.07) is 9.40. The molecule has 1 aliphatic heterocycles. The number of nitrogens with one attached hydrogen (secondary N) is 2. The Labute approximate surface area is 201 Å². The Morgan fingerprint density at radius 3 is 2.46 bits per heavy atom. The summed E-state index contributed by atoms with van der Waals surface area (Å²) in [6.45, 7) is 0.728. The summed E-state index contributed by atoms with van der Waals surface area (Å²) in [5.41, 5.74) is 0.292. The van der Waals surface area contributed by atoms with Crippen molar-refractivity contribution in [3.63, 3.8) is 0 Å². The molecule has 3 amide bonds. The van der Waals surface area contributed by atoms with E-state index in [1.807, 2.05) is 0 Å². The maximum Gasteiger partial charge on any atom is 0.408 e. The summed E-state index contributed by atoms with van der Waals surface area (Å²) in [5, 5.41) is 14.2. The molecule has 0 saturated carbocycles. The van der Waals surface area contributed by atoms with E-state index in [0.717, 1.165) is 17.0 Å². The van der Waals surface area contributed by atoms with Gasteiger partial charge in [0, 0.05) is 36.7 Å². The van der Waals surface area contributed by atoms with Crippen LogP contribution in [0, 0.1) is 11.6 Å². The van der Waals surface area contributed by atoms with Gasteiger partial charge < -0.3 is 30.1 Å². The van der Waals surface area contributed by atoms with Gasteiger partial charge in [0.25, 0.3) is 0 Å². The van der Waals surface area contributed by atoms with E-state index in [1.165, 1.54) is 14.0 Å². The fourth-order valence-electron chi connectivity index (χ4n) is 3.78. The molecule has 1 fully saturated rings. The van der Waals surface area contributed by atoms with Gasteiger partial charge >= 0.3 is 6.09 Å². The molecule has 3 rings (SSSR count). The number of amides is 3. The molecule has 0 aliphatic carbocycles. The lowest BCUT2D eigenvalue weighted by molar-refractivity contribution is -0.134. The molecule has 1 heterocycles. The summed E-state index contributed by atoms with van der Waals surface area (Å²) < 4.78 is 39.8. The van der Waals surface area contributed by atoms with Crippen molar-refractivity contribution in [2.24, 2.45) is 0 Å². The number of carbonyl (C=O) groups excluding carboxylic acids is 3. The second kappa shape index (κ2) is 11.6. The van der Waals surface area contributed by atoms with Crippen molar-refractivity contribution in [2.75, 3.05) is 26.7 Å². The van der Waals surface area contributed by atoms with Crippen molar-refractivity contribution < 1.29 is 37.7 Å². The third-order valence-electron chi connectivity index (χ3n) is 5.47. The van der Waals surface area contributed by atoms with Crippen molar-refractivity contribution in [3.05, 3.63) is 65.2 Å². The zero-order valence-corrected chi connectivity index (χ0v) is 19.3. The van der Waals surface area contributed by atoms with Gasteiger partial charge in [-0.25, -0.2) is 13.6 Å². The Morgan fingerprint density at radius 1 is 1.20 bits per heavy atom. The molecule has 0 spiro atoms. The fraction of sp³-hybridized carbons (Fsp3) is 0.375. The average molecular weight is 491 g/mol. The van der Waals surface area contributed by atoms with Gasteiger partial charge in [0.05, 0.1) is 19.8 Å². The lowest BCUT2D eigenvalue weighted by Crippen LogP contribution is -2.46. The van der Waals surface area contributed by atoms with Crippen LogP contribution in [-0.4, -0.2) is 66.8 Å². The van der Waals surface area contributed by atoms with Gasteiger partial charge in [-0.1, -0.05) is 30.3 Å². The van der Waals surface area contributed by atoms with E-state index in [9.17, 15) is 28.3 Å². The molecule has 35 heavy (non-hydrogen) atoms. The number of alkyl carbamates (subject to hydrolysis) is 1.